The summed E-state index contributed by atoms with van der Waals surface area (Å²) < 4.78 is 5.03. The summed E-state index contributed by atoms with van der Waals surface area (Å²) in [6.07, 6.45) is 2.63. The van der Waals surface area contributed by atoms with Crippen molar-refractivity contribution in [1.82, 2.24) is 0 Å². The van der Waals surface area contributed by atoms with Crippen LogP contribution < -0.4 is 5.73 Å². The number of nitrogens with two attached hydrogens (primary N) is 1. The van der Waals surface area contributed by atoms with Crippen molar-refractivity contribution in [3.8, 4) is 11.1 Å². The van der Waals surface area contributed by atoms with E-state index in [0.29, 0.717) is 6.61 Å². The molecule has 176 valence electrons. The van der Waals surface area contributed by atoms with Crippen LogP contribution in [0.15, 0.2) is 54.6 Å². The maximum Gasteiger partial charge on any atom is 0.308 e. The van der Waals surface area contributed by atoms with Crippen LogP contribution in [-0.2, 0) is 25.5 Å². The first-order valence-electron chi connectivity index (χ1n) is 10.6. The number of amides is 1. The highest BCUT2D eigenvalue weighted by atomic mass is 16.5. The Bertz CT molecular complexity index is 776. The summed E-state index contributed by atoms with van der Waals surface area (Å²) in [6.45, 7) is 4.25. The van der Waals surface area contributed by atoms with Gasteiger partial charge in [0.2, 0.25) is 5.91 Å². The largest absolute Gasteiger partial charge is 0.481 e. The summed E-state index contributed by atoms with van der Waals surface area (Å²) in [5, 5.41) is 15.0. The lowest BCUT2D eigenvalue weighted by atomic mass is 9.99. The molecule has 1 atom stereocenters. The van der Waals surface area contributed by atoms with Gasteiger partial charge < -0.3 is 20.7 Å². The molecule has 0 fully saturated rings. The van der Waals surface area contributed by atoms with E-state index in [1.165, 1.54) is 16.7 Å². The maximum atomic E-state index is 11.6. The fourth-order valence-electron chi connectivity index (χ4n) is 2.74. The zero-order valence-corrected chi connectivity index (χ0v) is 19.1. The number of benzene rings is 2. The van der Waals surface area contributed by atoms with Gasteiger partial charge >= 0.3 is 11.9 Å². The van der Waals surface area contributed by atoms with Crippen LogP contribution in [0.5, 0.6) is 0 Å². The van der Waals surface area contributed by atoms with Gasteiger partial charge in [-0.3, -0.25) is 14.4 Å². The van der Waals surface area contributed by atoms with Crippen molar-refractivity contribution in [3.05, 3.63) is 60.2 Å². The SMILES string of the molecule is CCOC(=O)[C@H](C)CCCc1ccc(-c2ccccc2)cc1.CO.NC(=O)CCC(=O)O. The van der Waals surface area contributed by atoms with Gasteiger partial charge in [0.25, 0.3) is 0 Å². The molecule has 7 heteroatoms. The van der Waals surface area contributed by atoms with E-state index in [2.05, 4.69) is 54.3 Å². The maximum absolute atomic E-state index is 11.6. The monoisotopic (exact) mass is 445 g/mol. The van der Waals surface area contributed by atoms with Crippen LogP contribution in [0.25, 0.3) is 11.1 Å². The molecule has 2 rings (SSSR count). The lowest BCUT2D eigenvalue weighted by molar-refractivity contribution is -0.147. The fourth-order valence-corrected chi connectivity index (χ4v) is 2.74. The average Bonchev–Trinajstić information content (AvgIpc) is 2.80. The Morgan fingerprint density at radius 1 is 0.938 bits per heavy atom. The summed E-state index contributed by atoms with van der Waals surface area (Å²) in [7, 11) is 1.00. The predicted molar refractivity (Wildman–Crippen MR) is 125 cm³/mol. The molecule has 0 saturated carbocycles. The zero-order valence-electron chi connectivity index (χ0n) is 19.1. The quantitative estimate of drug-likeness (QED) is 0.477. The van der Waals surface area contributed by atoms with Crippen molar-refractivity contribution in [3.63, 3.8) is 0 Å². The van der Waals surface area contributed by atoms with Crippen LogP contribution in [0.3, 0.4) is 0 Å². The van der Waals surface area contributed by atoms with Crippen molar-refractivity contribution < 1.29 is 29.3 Å². The molecule has 7 nitrogen and oxygen atoms in total. The third-order valence-electron chi connectivity index (χ3n) is 4.44. The van der Waals surface area contributed by atoms with Crippen LogP contribution in [0, 0.1) is 5.92 Å². The van der Waals surface area contributed by atoms with Crippen molar-refractivity contribution in [2.24, 2.45) is 11.7 Å². The Morgan fingerprint density at radius 3 is 1.97 bits per heavy atom. The number of ether oxygens (including phenoxy) is 1. The van der Waals surface area contributed by atoms with E-state index in [9.17, 15) is 14.4 Å². The number of aliphatic carboxylic acids is 1. The molecule has 0 bridgehead atoms. The minimum atomic E-state index is -0.996. The molecular weight excluding hydrogens is 410 g/mol. The standard InChI is InChI=1S/C20H24O2.C4H7NO3.CH4O/c1-3-22-20(21)16(2)8-7-9-17-12-14-19(15-13-17)18-10-5-4-6-11-18;5-3(6)1-2-4(7)8;1-2/h4-6,10-16H,3,7-9H2,1-2H3;1-2H2,(H2,5,6)(H,7,8);2H,1H3/t16-;;/m1../s1. The second kappa shape index (κ2) is 17.5. The Labute approximate surface area is 190 Å². The van der Waals surface area contributed by atoms with E-state index in [-0.39, 0.29) is 24.7 Å². The van der Waals surface area contributed by atoms with Crippen LogP contribution >= 0.6 is 0 Å². The number of aliphatic hydroxyl groups is 1. The molecule has 0 heterocycles. The smallest absolute Gasteiger partial charge is 0.308 e. The molecule has 0 aromatic heterocycles. The van der Waals surface area contributed by atoms with Gasteiger partial charge in [-0.15, -0.1) is 0 Å². The predicted octanol–water partition coefficient (Wildman–Crippen LogP) is 3.82. The first-order chi connectivity index (χ1) is 15.3. The second-order valence-electron chi connectivity index (χ2n) is 6.97. The van der Waals surface area contributed by atoms with E-state index >= 15 is 0 Å². The highest BCUT2D eigenvalue weighted by Gasteiger charge is 2.13. The van der Waals surface area contributed by atoms with Crippen molar-refractivity contribution in [2.75, 3.05) is 13.7 Å². The molecule has 2 aromatic carbocycles. The Hall–Kier alpha value is -3.19. The number of rotatable bonds is 10. The topological polar surface area (TPSA) is 127 Å². The van der Waals surface area contributed by atoms with Crippen LogP contribution in [0.2, 0.25) is 0 Å². The molecular formula is C25H35NO6. The highest BCUT2D eigenvalue weighted by Crippen LogP contribution is 2.20. The van der Waals surface area contributed by atoms with Gasteiger partial charge in [-0.2, -0.15) is 0 Å². The molecule has 2 aromatic rings. The number of esters is 1. The van der Waals surface area contributed by atoms with Gasteiger partial charge in [0.1, 0.15) is 0 Å². The first-order valence-corrected chi connectivity index (χ1v) is 10.6. The minimum absolute atomic E-state index is 0.0106. The van der Waals surface area contributed by atoms with Crippen LogP contribution in [0.4, 0.5) is 0 Å². The fraction of sp³-hybridized carbons (Fsp3) is 0.400. The Morgan fingerprint density at radius 2 is 1.50 bits per heavy atom. The van der Waals surface area contributed by atoms with Gasteiger partial charge in [0.15, 0.2) is 0 Å². The summed E-state index contributed by atoms with van der Waals surface area (Å²) in [5.74, 6) is -1.67. The lowest BCUT2D eigenvalue weighted by Gasteiger charge is -2.10. The number of carbonyl (C=O) groups is 3. The normalized spacial score (nSPS) is 10.5. The van der Waals surface area contributed by atoms with Gasteiger partial charge in [-0.25, -0.2) is 0 Å². The van der Waals surface area contributed by atoms with E-state index in [1.807, 2.05) is 19.9 Å². The van der Waals surface area contributed by atoms with Crippen molar-refractivity contribution in [2.45, 2.75) is 46.0 Å². The molecule has 4 N–H and O–H groups in total. The number of hydrogen-bond acceptors (Lipinski definition) is 5. The Kier molecular flexibility index (Phi) is 15.7. The molecule has 0 aliphatic carbocycles. The molecule has 0 aliphatic heterocycles. The molecule has 0 saturated heterocycles. The number of hydrogen-bond donors (Lipinski definition) is 3. The number of carboxylic acids is 1. The second-order valence-corrected chi connectivity index (χ2v) is 6.97. The number of carboxylic acid groups (broad SMARTS) is 1. The van der Waals surface area contributed by atoms with E-state index in [0.717, 1.165) is 26.4 Å². The third-order valence-corrected chi connectivity index (χ3v) is 4.44. The molecule has 32 heavy (non-hydrogen) atoms. The summed E-state index contributed by atoms with van der Waals surface area (Å²) in [6, 6.07) is 19.1. The molecule has 0 unspecified atom stereocenters. The minimum Gasteiger partial charge on any atom is -0.481 e. The third kappa shape index (κ3) is 13.2. The van der Waals surface area contributed by atoms with E-state index in [4.69, 9.17) is 14.9 Å². The zero-order chi connectivity index (χ0) is 24.4. The summed E-state index contributed by atoms with van der Waals surface area (Å²) >= 11 is 0. The van der Waals surface area contributed by atoms with E-state index < -0.39 is 11.9 Å². The van der Waals surface area contributed by atoms with Gasteiger partial charge in [-0.05, 0) is 42.9 Å². The van der Waals surface area contributed by atoms with Crippen molar-refractivity contribution >= 4 is 17.8 Å². The highest BCUT2D eigenvalue weighted by molar-refractivity contribution is 5.79. The molecule has 0 aliphatic rings. The lowest BCUT2D eigenvalue weighted by Crippen LogP contribution is -2.14. The number of primary amides is 1. The first kappa shape index (κ1) is 28.8. The van der Waals surface area contributed by atoms with Crippen LogP contribution in [-0.4, -0.2) is 41.8 Å². The number of carbonyl (C=O) groups excluding carboxylic acids is 2. The van der Waals surface area contributed by atoms with E-state index in [1.54, 1.807) is 0 Å². The van der Waals surface area contributed by atoms with Gasteiger partial charge in [0.05, 0.1) is 18.9 Å². The average molecular weight is 446 g/mol. The van der Waals surface area contributed by atoms with Gasteiger partial charge in [0, 0.05) is 13.5 Å². The van der Waals surface area contributed by atoms with Gasteiger partial charge in [-0.1, -0.05) is 61.5 Å². The number of aryl methyl sites for hydroxylation is 1. The summed E-state index contributed by atoms with van der Waals surface area (Å²) in [5.41, 5.74) is 8.43. The van der Waals surface area contributed by atoms with Crippen molar-refractivity contribution in [1.29, 1.82) is 0 Å². The number of aliphatic hydroxyl groups excluding tert-OH is 1. The Balaban J connectivity index is 0.000000814. The molecule has 0 radical (unpaired) electrons. The summed E-state index contributed by atoms with van der Waals surface area (Å²) in [4.78, 5) is 31.1. The molecule has 1 amide bonds. The van der Waals surface area contributed by atoms with Crippen LogP contribution in [0.1, 0.15) is 45.1 Å². The molecule has 0 spiro atoms.